The fourth-order valence-corrected chi connectivity index (χ4v) is 1.95. The van der Waals surface area contributed by atoms with Gasteiger partial charge in [0.05, 0.1) is 5.69 Å². The molecular weight excluding hydrogens is 210 g/mol. The van der Waals surface area contributed by atoms with Crippen molar-refractivity contribution in [3.63, 3.8) is 0 Å². The third kappa shape index (κ3) is 1.28. The number of carbonyl (C=O) groups is 2. The lowest BCUT2D eigenvalue weighted by Gasteiger charge is -2.23. The number of nitrogens with zero attached hydrogens (tertiary/aromatic N) is 2. The van der Waals surface area contributed by atoms with Crippen molar-refractivity contribution in [2.45, 2.75) is 12.5 Å². The first-order valence-corrected chi connectivity index (χ1v) is 4.84. The Bertz CT molecular complexity index is 466. The molecule has 1 saturated heterocycles. The number of amides is 3. The van der Waals surface area contributed by atoms with E-state index >= 15 is 0 Å². The maximum atomic E-state index is 11.8. The first-order valence-electron chi connectivity index (χ1n) is 4.84. The molecule has 7 nitrogen and oxygen atoms in total. The number of nitrogens with two attached hydrogens (primary N) is 1. The van der Waals surface area contributed by atoms with Gasteiger partial charge in [0.2, 0.25) is 0 Å². The molecule has 1 aliphatic rings. The Hall–Kier alpha value is -1.89. The molecule has 4 N–H and O–H groups in total. The maximum Gasteiger partial charge on any atom is 0.322 e. The van der Waals surface area contributed by atoms with Crippen LogP contribution in [0.3, 0.4) is 0 Å². The van der Waals surface area contributed by atoms with E-state index in [2.05, 4.69) is 15.7 Å². The van der Waals surface area contributed by atoms with Gasteiger partial charge < -0.3 is 11.1 Å². The lowest BCUT2D eigenvalue weighted by atomic mass is 9.91. The van der Waals surface area contributed by atoms with Crippen LogP contribution in [0.5, 0.6) is 0 Å². The highest BCUT2D eigenvalue weighted by molar-refractivity contribution is 6.07. The summed E-state index contributed by atoms with van der Waals surface area (Å²) >= 11 is 0. The molecule has 0 spiro atoms. The van der Waals surface area contributed by atoms with Crippen molar-refractivity contribution in [2.75, 3.05) is 6.54 Å². The van der Waals surface area contributed by atoms with Crippen LogP contribution >= 0.6 is 0 Å². The molecule has 16 heavy (non-hydrogen) atoms. The summed E-state index contributed by atoms with van der Waals surface area (Å²) in [5.41, 5.74) is 5.73. The number of rotatable bonds is 2. The second-order valence-corrected chi connectivity index (χ2v) is 3.82. The zero-order valence-corrected chi connectivity index (χ0v) is 9.07. The maximum absolute atomic E-state index is 11.8. The summed E-state index contributed by atoms with van der Waals surface area (Å²) in [5, 5.41) is 8.88. The second kappa shape index (κ2) is 3.31. The summed E-state index contributed by atoms with van der Waals surface area (Å²) in [6, 6.07) is -0.529. The van der Waals surface area contributed by atoms with Crippen LogP contribution in [0.2, 0.25) is 0 Å². The van der Waals surface area contributed by atoms with Crippen molar-refractivity contribution in [3.05, 3.63) is 17.5 Å². The fraction of sp³-hybridized carbons (Fsp3) is 0.444. The molecule has 86 valence electrons. The monoisotopic (exact) mass is 223 g/mol. The Labute approximate surface area is 92.0 Å². The van der Waals surface area contributed by atoms with E-state index in [1.165, 1.54) is 0 Å². The minimum Gasteiger partial charge on any atom is -0.327 e. The van der Waals surface area contributed by atoms with Gasteiger partial charge in [-0.25, -0.2) is 4.79 Å². The van der Waals surface area contributed by atoms with Crippen LogP contribution < -0.4 is 16.4 Å². The van der Waals surface area contributed by atoms with Crippen molar-refractivity contribution >= 4 is 11.9 Å². The Morgan fingerprint density at radius 1 is 1.56 bits per heavy atom. The topological polar surface area (TPSA) is 102 Å². The van der Waals surface area contributed by atoms with Crippen molar-refractivity contribution in [1.29, 1.82) is 0 Å². The van der Waals surface area contributed by atoms with Crippen molar-refractivity contribution in [1.82, 2.24) is 20.4 Å². The molecule has 0 radical (unpaired) electrons. The lowest BCUT2D eigenvalue weighted by Crippen LogP contribution is -2.50. The Balaban J connectivity index is 2.54. The number of nitrogens with one attached hydrogen (secondary N) is 2. The predicted molar refractivity (Wildman–Crippen MR) is 55.4 cm³/mol. The normalized spacial score (nSPS) is 24.4. The molecule has 0 aromatic carbocycles. The molecule has 1 atom stereocenters. The van der Waals surface area contributed by atoms with E-state index in [1.807, 2.05) is 0 Å². The van der Waals surface area contributed by atoms with Crippen LogP contribution in [0.1, 0.15) is 11.3 Å². The highest BCUT2D eigenvalue weighted by atomic mass is 16.2. The van der Waals surface area contributed by atoms with Gasteiger partial charge in [0.25, 0.3) is 5.91 Å². The standard InChI is InChI=1S/C9H13N5O2/c1-5-6(3-14(2)13-5)9(4-10)7(15)11-8(16)12-9/h3H,4,10H2,1-2H3,(H2,11,12,15,16)/t9-/m0/s1. The molecule has 0 bridgehead atoms. The summed E-state index contributed by atoms with van der Waals surface area (Å²) in [6.07, 6.45) is 1.69. The molecule has 1 aliphatic heterocycles. The van der Waals surface area contributed by atoms with E-state index in [-0.39, 0.29) is 6.54 Å². The van der Waals surface area contributed by atoms with Gasteiger partial charge in [0.1, 0.15) is 0 Å². The van der Waals surface area contributed by atoms with E-state index in [1.54, 1.807) is 24.9 Å². The van der Waals surface area contributed by atoms with Gasteiger partial charge in [-0.15, -0.1) is 0 Å². The third-order valence-corrected chi connectivity index (χ3v) is 2.72. The zero-order chi connectivity index (χ0) is 11.9. The third-order valence-electron chi connectivity index (χ3n) is 2.72. The summed E-state index contributed by atoms with van der Waals surface area (Å²) < 4.78 is 1.58. The van der Waals surface area contributed by atoms with Crippen LogP contribution in [0.25, 0.3) is 0 Å². The molecule has 0 unspecified atom stereocenters. The molecule has 2 heterocycles. The van der Waals surface area contributed by atoms with Crippen molar-refractivity contribution in [3.8, 4) is 0 Å². The average Bonchev–Trinajstić information content (AvgIpc) is 2.67. The molecular formula is C9H13N5O2. The average molecular weight is 223 g/mol. The van der Waals surface area contributed by atoms with E-state index in [4.69, 9.17) is 5.73 Å². The van der Waals surface area contributed by atoms with Gasteiger partial charge in [0, 0.05) is 25.4 Å². The predicted octanol–water partition coefficient (Wildman–Crippen LogP) is -1.28. The molecule has 1 fully saturated rings. The number of urea groups is 1. The highest BCUT2D eigenvalue weighted by Gasteiger charge is 2.48. The smallest absolute Gasteiger partial charge is 0.322 e. The number of hydrogen-bond acceptors (Lipinski definition) is 4. The fourth-order valence-electron chi connectivity index (χ4n) is 1.95. The summed E-state index contributed by atoms with van der Waals surface area (Å²) in [6.45, 7) is 1.77. The quantitative estimate of drug-likeness (QED) is 0.543. The molecule has 0 saturated carbocycles. The van der Waals surface area contributed by atoms with Gasteiger partial charge >= 0.3 is 6.03 Å². The SMILES string of the molecule is Cc1nn(C)cc1[C@]1(CN)NC(=O)NC1=O. The van der Waals surface area contributed by atoms with Gasteiger partial charge in [0.15, 0.2) is 5.54 Å². The van der Waals surface area contributed by atoms with Gasteiger partial charge in [-0.2, -0.15) is 5.10 Å². The molecule has 2 rings (SSSR count). The summed E-state index contributed by atoms with van der Waals surface area (Å²) in [7, 11) is 1.75. The number of aromatic nitrogens is 2. The summed E-state index contributed by atoms with van der Waals surface area (Å²) in [5.74, 6) is -0.434. The number of imide groups is 1. The van der Waals surface area contributed by atoms with Crippen molar-refractivity contribution < 1.29 is 9.59 Å². The highest BCUT2D eigenvalue weighted by Crippen LogP contribution is 2.25. The van der Waals surface area contributed by atoms with Crippen LogP contribution in [-0.2, 0) is 17.4 Å². The Kier molecular flexibility index (Phi) is 2.20. The van der Waals surface area contributed by atoms with Gasteiger partial charge in [-0.05, 0) is 6.92 Å². The molecule has 7 heteroatoms. The summed E-state index contributed by atoms with van der Waals surface area (Å²) in [4.78, 5) is 23.0. The van der Waals surface area contributed by atoms with Crippen LogP contribution in [0, 0.1) is 6.92 Å². The zero-order valence-electron chi connectivity index (χ0n) is 9.07. The van der Waals surface area contributed by atoms with E-state index in [0.717, 1.165) is 0 Å². The minimum atomic E-state index is -1.19. The van der Waals surface area contributed by atoms with E-state index in [0.29, 0.717) is 11.3 Å². The molecule has 1 aromatic heterocycles. The Morgan fingerprint density at radius 2 is 2.25 bits per heavy atom. The number of aryl methyl sites for hydroxylation is 2. The first-order chi connectivity index (χ1) is 7.49. The van der Waals surface area contributed by atoms with Gasteiger partial charge in [-0.3, -0.25) is 14.8 Å². The van der Waals surface area contributed by atoms with Crippen molar-refractivity contribution in [2.24, 2.45) is 12.8 Å². The first kappa shape index (κ1) is 10.6. The van der Waals surface area contributed by atoms with E-state index in [9.17, 15) is 9.59 Å². The van der Waals surface area contributed by atoms with Crippen LogP contribution in [0.15, 0.2) is 6.20 Å². The van der Waals surface area contributed by atoms with Crippen LogP contribution in [-0.4, -0.2) is 28.3 Å². The molecule has 0 aliphatic carbocycles. The molecule has 3 amide bonds. The number of carbonyl (C=O) groups excluding carboxylic acids is 2. The van der Waals surface area contributed by atoms with Crippen LogP contribution in [0.4, 0.5) is 4.79 Å². The van der Waals surface area contributed by atoms with E-state index < -0.39 is 17.5 Å². The molecule has 1 aromatic rings. The van der Waals surface area contributed by atoms with Gasteiger partial charge in [-0.1, -0.05) is 0 Å². The Morgan fingerprint density at radius 3 is 2.62 bits per heavy atom. The number of hydrogen-bond donors (Lipinski definition) is 3. The second-order valence-electron chi connectivity index (χ2n) is 3.82. The lowest BCUT2D eigenvalue weighted by molar-refractivity contribution is -0.124. The minimum absolute atomic E-state index is 0.00287. The largest absolute Gasteiger partial charge is 0.327 e.